The number of nitrogens with zero attached hydrogens (tertiary/aromatic N) is 1. The molecular weight excluding hydrogens is 370 g/mol. The smallest absolute Gasteiger partial charge is 0.191 e. The summed E-state index contributed by atoms with van der Waals surface area (Å²) in [5.41, 5.74) is 1.16. The molecule has 1 unspecified atom stereocenters. The Morgan fingerprint density at radius 2 is 2.00 bits per heavy atom. The fourth-order valence-corrected chi connectivity index (χ4v) is 3.64. The van der Waals surface area contributed by atoms with Crippen LogP contribution in [-0.2, 0) is 15.9 Å². The van der Waals surface area contributed by atoms with Crippen LogP contribution in [0.1, 0.15) is 37.1 Å². The first-order chi connectivity index (χ1) is 14.2. The van der Waals surface area contributed by atoms with E-state index in [1.807, 2.05) is 37.3 Å². The van der Waals surface area contributed by atoms with Gasteiger partial charge in [-0.2, -0.15) is 0 Å². The monoisotopic (exact) mass is 399 g/mol. The summed E-state index contributed by atoms with van der Waals surface area (Å²) < 4.78 is 22.6. The Morgan fingerprint density at radius 1 is 1.14 bits per heavy atom. The molecule has 0 spiro atoms. The standard InChI is InChI=1S/C22H29N3O4/c1-22(28-15-16-29-22)10-12-24-21(23-11-8-17-5-4-13-26-17)25-19-9-14-27-20-7-3-2-6-18(19)20/h2-7,13,19H,8-12,14-16H2,1H3,(H2,23,24,25). The molecule has 7 heteroatoms. The van der Waals surface area contributed by atoms with Crippen molar-refractivity contribution in [2.24, 2.45) is 4.99 Å². The van der Waals surface area contributed by atoms with Gasteiger partial charge in [0.1, 0.15) is 11.5 Å². The number of rotatable bonds is 7. The van der Waals surface area contributed by atoms with E-state index in [1.54, 1.807) is 6.26 Å². The predicted molar refractivity (Wildman–Crippen MR) is 110 cm³/mol. The molecule has 0 aliphatic carbocycles. The third kappa shape index (κ3) is 5.31. The number of guanidine groups is 1. The van der Waals surface area contributed by atoms with Crippen LogP contribution in [0.5, 0.6) is 5.75 Å². The summed E-state index contributed by atoms with van der Waals surface area (Å²) in [6.07, 6.45) is 4.09. The third-order valence-corrected chi connectivity index (χ3v) is 5.25. The molecule has 1 saturated heterocycles. The molecule has 1 fully saturated rings. The molecule has 2 aliphatic rings. The first-order valence-corrected chi connectivity index (χ1v) is 10.3. The zero-order valence-electron chi connectivity index (χ0n) is 16.9. The lowest BCUT2D eigenvalue weighted by molar-refractivity contribution is -0.144. The molecule has 3 heterocycles. The second-order valence-corrected chi connectivity index (χ2v) is 7.44. The Labute approximate surface area is 171 Å². The fraction of sp³-hybridized carbons (Fsp3) is 0.500. The molecule has 2 aliphatic heterocycles. The molecule has 1 aromatic heterocycles. The van der Waals surface area contributed by atoms with Gasteiger partial charge in [0.25, 0.3) is 0 Å². The van der Waals surface area contributed by atoms with Crippen LogP contribution in [0.4, 0.5) is 0 Å². The van der Waals surface area contributed by atoms with Crippen molar-refractivity contribution in [1.82, 2.24) is 10.6 Å². The van der Waals surface area contributed by atoms with E-state index in [1.165, 1.54) is 0 Å². The number of benzene rings is 1. The van der Waals surface area contributed by atoms with E-state index < -0.39 is 5.79 Å². The molecule has 7 nitrogen and oxygen atoms in total. The average molecular weight is 399 g/mol. The Morgan fingerprint density at radius 3 is 2.83 bits per heavy atom. The zero-order valence-corrected chi connectivity index (χ0v) is 16.9. The number of aliphatic imine (C=N–C) groups is 1. The number of fused-ring (bicyclic) bond motifs is 1. The highest BCUT2D eigenvalue weighted by molar-refractivity contribution is 5.80. The molecule has 2 aromatic rings. The topological polar surface area (TPSA) is 77.3 Å². The molecule has 2 N–H and O–H groups in total. The molecule has 0 saturated carbocycles. The van der Waals surface area contributed by atoms with Crippen LogP contribution in [-0.4, -0.2) is 44.7 Å². The van der Waals surface area contributed by atoms with Gasteiger partial charge in [0.05, 0.1) is 32.1 Å². The van der Waals surface area contributed by atoms with Crippen LogP contribution in [0.2, 0.25) is 0 Å². The van der Waals surface area contributed by atoms with Gasteiger partial charge in [-0.3, -0.25) is 4.99 Å². The van der Waals surface area contributed by atoms with Crippen LogP contribution in [0.15, 0.2) is 52.1 Å². The van der Waals surface area contributed by atoms with Crippen molar-refractivity contribution in [2.75, 3.05) is 32.9 Å². The lowest BCUT2D eigenvalue weighted by atomic mass is 10.0. The molecule has 1 aromatic carbocycles. The molecule has 0 bridgehead atoms. The number of nitrogens with one attached hydrogen (secondary N) is 2. The minimum absolute atomic E-state index is 0.157. The maximum absolute atomic E-state index is 5.78. The molecule has 0 radical (unpaired) electrons. The van der Waals surface area contributed by atoms with E-state index in [-0.39, 0.29) is 6.04 Å². The lowest BCUT2D eigenvalue weighted by Crippen LogP contribution is -2.42. The second-order valence-electron chi connectivity index (χ2n) is 7.44. The van der Waals surface area contributed by atoms with Crippen molar-refractivity contribution in [1.29, 1.82) is 0 Å². The van der Waals surface area contributed by atoms with Gasteiger partial charge in [-0.05, 0) is 25.1 Å². The normalized spacial score (nSPS) is 20.7. The minimum atomic E-state index is -0.534. The number of furan rings is 1. The SMILES string of the molecule is CC1(CCN=C(NCCc2ccco2)NC2CCOc3ccccc32)OCCO1. The largest absolute Gasteiger partial charge is 0.493 e. The van der Waals surface area contributed by atoms with Gasteiger partial charge in [-0.15, -0.1) is 0 Å². The minimum Gasteiger partial charge on any atom is -0.493 e. The summed E-state index contributed by atoms with van der Waals surface area (Å²) in [6.45, 7) is 5.29. The van der Waals surface area contributed by atoms with E-state index >= 15 is 0 Å². The first kappa shape index (κ1) is 19.8. The summed E-state index contributed by atoms with van der Waals surface area (Å²) in [5.74, 6) is 2.13. The van der Waals surface area contributed by atoms with E-state index in [4.69, 9.17) is 23.6 Å². The average Bonchev–Trinajstić information content (AvgIpc) is 3.40. The van der Waals surface area contributed by atoms with E-state index in [0.29, 0.717) is 32.8 Å². The van der Waals surface area contributed by atoms with Crippen molar-refractivity contribution in [3.63, 3.8) is 0 Å². The lowest BCUT2D eigenvalue weighted by Gasteiger charge is -2.28. The number of hydrogen-bond acceptors (Lipinski definition) is 5. The van der Waals surface area contributed by atoms with E-state index in [2.05, 4.69) is 16.7 Å². The Kier molecular flexibility index (Phi) is 6.36. The summed E-state index contributed by atoms with van der Waals surface area (Å²) in [6, 6.07) is 12.2. The quantitative estimate of drug-likeness (QED) is 0.551. The van der Waals surface area contributed by atoms with Crippen LogP contribution < -0.4 is 15.4 Å². The molecule has 1 atom stereocenters. The van der Waals surface area contributed by atoms with Crippen molar-refractivity contribution < 1.29 is 18.6 Å². The number of hydrogen-bond donors (Lipinski definition) is 2. The molecule has 156 valence electrons. The Hall–Kier alpha value is -2.51. The zero-order chi connectivity index (χ0) is 19.9. The molecule has 29 heavy (non-hydrogen) atoms. The van der Waals surface area contributed by atoms with Crippen molar-refractivity contribution in [2.45, 2.75) is 38.0 Å². The van der Waals surface area contributed by atoms with Gasteiger partial charge >= 0.3 is 0 Å². The van der Waals surface area contributed by atoms with Crippen LogP contribution >= 0.6 is 0 Å². The van der Waals surface area contributed by atoms with Gasteiger partial charge in [-0.25, -0.2) is 0 Å². The van der Waals surface area contributed by atoms with Gasteiger partial charge < -0.3 is 29.3 Å². The summed E-state index contributed by atoms with van der Waals surface area (Å²) in [7, 11) is 0. The first-order valence-electron chi connectivity index (χ1n) is 10.3. The highest BCUT2D eigenvalue weighted by Crippen LogP contribution is 2.31. The maximum Gasteiger partial charge on any atom is 0.191 e. The highest BCUT2D eigenvalue weighted by Gasteiger charge is 2.30. The maximum atomic E-state index is 5.78. The predicted octanol–water partition coefficient (Wildman–Crippen LogP) is 3.03. The summed E-state index contributed by atoms with van der Waals surface area (Å²) in [4.78, 5) is 4.78. The fourth-order valence-electron chi connectivity index (χ4n) is 3.64. The highest BCUT2D eigenvalue weighted by atomic mass is 16.7. The van der Waals surface area contributed by atoms with E-state index in [0.717, 1.165) is 42.4 Å². The Balaban J connectivity index is 1.40. The van der Waals surface area contributed by atoms with Crippen LogP contribution in [0, 0.1) is 0 Å². The number of para-hydroxylation sites is 1. The van der Waals surface area contributed by atoms with Crippen LogP contribution in [0.25, 0.3) is 0 Å². The van der Waals surface area contributed by atoms with Gasteiger partial charge in [-0.1, -0.05) is 18.2 Å². The van der Waals surface area contributed by atoms with Crippen molar-refractivity contribution >= 4 is 5.96 Å². The van der Waals surface area contributed by atoms with Gasteiger partial charge in [0, 0.05) is 37.9 Å². The van der Waals surface area contributed by atoms with E-state index in [9.17, 15) is 0 Å². The number of ether oxygens (including phenoxy) is 3. The van der Waals surface area contributed by atoms with Gasteiger partial charge in [0.2, 0.25) is 0 Å². The van der Waals surface area contributed by atoms with Gasteiger partial charge in [0.15, 0.2) is 11.7 Å². The van der Waals surface area contributed by atoms with Crippen molar-refractivity contribution in [3.05, 3.63) is 54.0 Å². The molecular formula is C22H29N3O4. The summed E-state index contributed by atoms with van der Waals surface area (Å²) >= 11 is 0. The molecule has 0 amide bonds. The third-order valence-electron chi connectivity index (χ3n) is 5.25. The van der Waals surface area contributed by atoms with Crippen LogP contribution in [0.3, 0.4) is 0 Å². The molecule has 4 rings (SSSR count). The Bertz CT molecular complexity index is 800. The summed E-state index contributed by atoms with van der Waals surface area (Å²) in [5, 5.41) is 7.01. The second kappa shape index (κ2) is 9.33. The van der Waals surface area contributed by atoms with Crippen molar-refractivity contribution in [3.8, 4) is 5.75 Å².